The predicted molar refractivity (Wildman–Crippen MR) is 91.6 cm³/mol. The van der Waals surface area contributed by atoms with Crippen molar-refractivity contribution in [2.75, 3.05) is 18.4 Å². The van der Waals surface area contributed by atoms with Crippen molar-refractivity contribution in [2.45, 2.75) is 12.8 Å². The van der Waals surface area contributed by atoms with Gasteiger partial charge in [0.2, 0.25) is 0 Å². The van der Waals surface area contributed by atoms with Gasteiger partial charge in [-0.05, 0) is 65.2 Å². The highest BCUT2D eigenvalue weighted by Gasteiger charge is 2.19. The number of thiophene rings is 1. The number of hydrogen-bond acceptors (Lipinski definition) is 3. The third kappa shape index (κ3) is 3.39. The number of nitrogens with one attached hydrogen (secondary N) is 1. The molecule has 0 atom stereocenters. The number of nitrogens with zero attached hydrogens (tertiary/aromatic N) is 1. The molecule has 114 valence electrons. The Morgan fingerprint density at radius 3 is 2.32 bits per heavy atom. The summed E-state index contributed by atoms with van der Waals surface area (Å²) < 4.78 is 0.921. The molecule has 6 heteroatoms. The third-order valence-electron chi connectivity index (χ3n) is 3.58. The molecule has 1 aliphatic heterocycles. The lowest BCUT2D eigenvalue weighted by atomic mass is 10.2. The van der Waals surface area contributed by atoms with Crippen molar-refractivity contribution < 1.29 is 9.59 Å². The first-order chi connectivity index (χ1) is 10.6. The average Bonchev–Trinajstić information content (AvgIpc) is 3.18. The number of benzene rings is 1. The van der Waals surface area contributed by atoms with Crippen molar-refractivity contribution in [1.29, 1.82) is 0 Å². The molecule has 0 radical (unpaired) electrons. The van der Waals surface area contributed by atoms with Crippen LogP contribution >= 0.6 is 27.3 Å². The number of amides is 2. The molecule has 1 aliphatic rings. The lowest BCUT2D eigenvalue weighted by Crippen LogP contribution is -2.27. The van der Waals surface area contributed by atoms with Crippen LogP contribution in [0.15, 0.2) is 40.2 Å². The van der Waals surface area contributed by atoms with Gasteiger partial charge in [0.25, 0.3) is 11.8 Å². The summed E-state index contributed by atoms with van der Waals surface area (Å²) in [6.45, 7) is 1.68. The van der Waals surface area contributed by atoms with Crippen molar-refractivity contribution in [3.63, 3.8) is 0 Å². The third-order valence-corrected chi connectivity index (χ3v) is 5.20. The number of hydrogen-bond donors (Lipinski definition) is 1. The highest BCUT2D eigenvalue weighted by molar-refractivity contribution is 9.11. The summed E-state index contributed by atoms with van der Waals surface area (Å²) >= 11 is 4.72. The van der Waals surface area contributed by atoms with Crippen molar-refractivity contribution in [2.24, 2.45) is 0 Å². The number of halogens is 1. The van der Waals surface area contributed by atoms with Gasteiger partial charge in [0.15, 0.2) is 0 Å². The van der Waals surface area contributed by atoms with Crippen molar-refractivity contribution in [3.05, 3.63) is 50.6 Å². The summed E-state index contributed by atoms with van der Waals surface area (Å²) in [7, 11) is 0. The Morgan fingerprint density at radius 1 is 1.05 bits per heavy atom. The number of carbonyl (C=O) groups excluding carboxylic acids is 2. The monoisotopic (exact) mass is 378 g/mol. The van der Waals surface area contributed by atoms with E-state index in [1.54, 1.807) is 30.3 Å². The summed E-state index contributed by atoms with van der Waals surface area (Å²) in [6, 6.07) is 10.7. The lowest BCUT2D eigenvalue weighted by Gasteiger charge is -2.15. The fraction of sp³-hybridized carbons (Fsp3) is 0.250. The molecule has 0 unspecified atom stereocenters. The van der Waals surface area contributed by atoms with E-state index < -0.39 is 0 Å². The topological polar surface area (TPSA) is 49.4 Å². The molecule has 0 saturated carbocycles. The van der Waals surface area contributed by atoms with Crippen LogP contribution in [-0.4, -0.2) is 29.8 Å². The van der Waals surface area contributed by atoms with Crippen molar-refractivity contribution in [3.8, 4) is 0 Å². The zero-order chi connectivity index (χ0) is 15.5. The summed E-state index contributed by atoms with van der Waals surface area (Å²) in [4.78, 5) is 26.8. The molecule has 2 heterocycles. The largest absolute Gasteiger partial charge is 0.339 e. The van der Waals surface area contributed by atoms with E-state index in [9.17, 15) is 9.59 Å². The minimum atomic E-state index is -0.144. The van der Waals surface area contributed by atoms with Crippen LogP contribution in [0.2, 0.25) is 0 Å². The molecule has 0 spiro atoms. The smallest absolute Gasteiger partial charge is 0.265 e. The molecule has 1 aromatic heterocycles. The van der Waals surface area contributed by atoms with Gasteiger partial charge in [0, 0.05) is 24.3 Å². The van der Waals surface area contributed by atoms with E-state index in [0.717, 1.165) is 29.7 Å². The molecule has 1 fully saturated rings. The number of rotatable bonds is 3. The summed E-state index contributed by atoms with van der Waals surface area (Å²) in [5.41, 5.74) is 1.35. The van der Waals surface area contributed by atoms with E-state index >= 15 is 0 Å². The Balaban J connectivity index is 1.66. The SMILES string of the molecule is O=C(Nc1ccc(C(=O)N2CCCC2)cc1)c1ccc(Br)s1. The van der Waals surface area contributed by atoms with E-state index in [-0.39, 0.29) is 11.8 Å². The maximum atomic E-state index is 12.2. The Hall–Kier alpha value is -1.66. The van der Waals surface area contributed by atoms with Crippen molar-refractivity contribution >= 4 is 44.8 Å². The molecule has 2 amide bonds. The molecular formula is C16H15BrN2O2S. The van der Waals surface area contributed by atoms with Gasteiger partial charge in [-0.25, -0.2) is 0 Å². The summed E-state index contributed by atoms with van der Waals surface area (Å²) in [6.07, 6.45) is 2.16. The second-order valence-electron chi connectivity index (χ2n) is 5.13. The fourth-order valence-corrected chi connectivity index (χ4v) is 3.71. The van der Waals surface area contributed by atoms with Crippen LogP contribution in [0.1, 0.15) is 32.9 Å². The van der Waals surface area contributed by atoms with Gasteiger partial charge in [0.1, 0.15) is 0 Å². The first kappa shape index (κ1) is 15.2. The van der Waals surface area contributed by atoms with E-state index in [1.165, 1.54) is 11.3 Å². The van der Waals surface area contributed by atoms with Gasteiger partial charge in [-0.1, -0.05) is 0 Å². The van der Waals surface area contributed by atoms with E-state index in [0.29, 0.717) is 16.1 Å². The average molecular weight is 379 g/mol. The molecule has 1 N–H and O–H groups in total. The Kier molecular flexibility index (Phi) is 4.59. The van der Waals surface area contributed by atoms with E-state index in [2.05, 4.69) is 21.2 Å². The van der Waals surface area contributed by atoms with Gasteiger partial charge < -0.3 is 10.2 Å². The van der Waals surface area contributed by atoms with E-state index in [4.69, 9.17) is 0 Å². The maximum Gasteiger partial charge on any atom is 0.265 e. The predicted octanol–water partition coefficient (Wildman–Crippen LogP) is 4.00. The van der Waals surface area contributed by atoms with Gasteiger partial charge >= 0.3 is 0 Å². The van der Waals surface area contributed by atoms with Gasteiger partial charge in [-0.3, -0.25) is 9.59 Å². The zero-order valence-electron chi connectivity index (χ0n) is 11.8. The van der Waals surface area contributed by atoms with Crippen LogP contribution in [-0.2, 0) is 0 Å². The minimum Gasteiger partial charge on any atom is -0.339 e. The lowest BCUT2D eigenvalue weighted by molar-refractivity contribution is 0.0792. The van der Waals surface area contributed by atoms with Crippen LogP contribution in [0.25, 0.3) is 0 Å². The van der Waals surface area contributed by atoms with Gasteiger partial charge in [-0.2, -0.15) is 0 Å². The highest BCUT2D eigenvalue weighted by Crippen LogP contribution is 2.23. The first-order valence-electron chi connectivity index (χ1n) is 7.09. The Bertz CT molecular complexity index is 690. The molecule has 22 heavy (non-hydrogen) atoms. The van der Waals surface area contributed by atoms with Crippen molar-refractivity contribution in [1.82, 2.24) is 4.90 Å². The highest BCUT2D eigenvalue weighted by atomic mass is 79.9. The molecule has 0 bridgehead atoms. The first-order valence-corrected chi connectivity index (χ1v) is 8.70. The molecular weight excluding hydrogens is 364 g/mol. The number of likely N-dealkylation sites (tertiary alicyclic amines) is 1. The molecule has 0 aliphatic carbocycles. The van der Waals surface area contributed by atoms with Crippen LogP contribution in [0, 0.1) is 0 Å². The maximum absolute atomic E-state index is 12.2. The zero-order valence-corrected chi connectivity index (χ0v) is 14.2. The van der Waals surface area contributed by atoms with Gasteiger partial charge in [0.05, 0.1) is 8.66 Å². The number of carbonyl (C=O) groups is 2. The Labute approximate surface area is 141 Å². The van der Waals surface area contributed by atoms with E-state index in [1.807, 2.05) is 11.0 Å². The second-order valence-corrected chi connectivity index (χ2v) is 7.60. The van der Waals surface area contributed by atoms with Crippen LogP contribution < -0.4 is 5.32 Å². The molecule has 1 saturated heterocycles. The molecule has 1 aromatic carbocycles. The Morgan fingerprint density at radius 2 is 1.73 bits per heavy atom. The van der Waals surface area contributed by atoms with Crippen LogP contribution in [0.4, 0.5) is 5.69 Å². The normalized spacial score (nSPS) is 14.1. The summed E-state index contributed by atoms with van der Waals surface area (Å²) in [5.74, 6) is -0.0770. The fourth-order valence-electron chi connectivity index (χ4n) is 2.43. The summed E-state index contributed by atoms with van der Waals surface area (Å²) in [5, 5.41) is 2.83. The standard InChI is InChI=1S/C16H15BrN2O2S/c17-14-8-7-13(22-14)15(20)18-12-5-3-11(4-6-12)16(21)19-9-1-2-10-19/h3-8H,1-2,9-10H2,(H,18,20). The quantitative estimate of drug-likeness (QED) is 0.877. The second kappa shape index (κ2) is 6.62. The molecule has 2 aromatic rings. The van der Waals surface area contributed by atoms with Gasteiger partial charge in [-0.15, -0.1) is 11.3 Å². The van der Waals surface area contributed by atoms with Crippen LogP contribution in [0.5, 0.6) is 0 Å². The molecule has 4 nitrogen and oxygen atoms in total. The molecule has 3 rings (SSSR count). The van der Waals surface area contributed by atoms with Crippen LogP contribution in [0.3, 0.4) is 0 Å². The number of anilines is 1. The minimum absolute atomic E-state index is 0.0672.